The summed E-state index contributed by atoms with van der Waals surface area (Å²) in [5, 5.41) is 14.7. The quantitative estimate of drug-likeness (QED) is 0.561. The summed E-state index contributed by atoms with van der Waals surface area (Å²) in [6.45, 7) is 7.93. The SMILES string of the molecule is C=C(CS/C(=C\CC)c1cc(C(F)(F)F)n(C)n1)N(C)C(C)C(O)c1ccccc1. The summed E-state index contributed by atoms with van der Waals surface area (Å²) < 4.78 is 40.2. The van der Waals surface area contributed by atoms with Crippen LogP contribution in [0.25, 0.3) is 4.91 Å². The predicted octanol–water partition coefficient (Wildman–Crippen LogP) is 5.49. The van der Waals surface area contributed by atoms with Crippen molar-refractivity contribution in [3.8, 4) is 0 Å². The molecule has 0 fully saturated rings. The molecule has 0 bridgehead atoms. The standard InChI is InChI=1S/C22H28F3N3OS/c1-6-10-19(18-13-20(22(23,24)25)28(5)26-18)30-14-15(2)27(4)16(3)21(29)17-11-8-7-9-12-17/h7-13,16,21,29H,2,6,14H2,1,3-5H3/b19-10-. The molecule has 30 heavy (non-hydrogen) atoms. The van der Waals surface area contributed by atoms with Gasteiger partial charge in [0.2, 0.25) is 0 Å². The largest absolute Gasteiger partial charge is 0.433 e. The molecule has 0 amide bonds. The number of thioether (sulfide) groups is 1. The molecule has 0 aliphatic carbocycles. The molecule has 8 heteroatoms. The van der Waals surface area contributed by atoms with Crippen LogP contribution in [0.5, 0.6) is 0 Å². The average molecular weight is 440 g/mol. The lowest BCUT2D eigenvalue weighted by atomic mass is 10.0. The molecule has 0 saturated heterocycles. The van der Waals surface area contributed by atoms with Crippen LogP contribution in [0, 0.1) is 0 Å². The molecule has 1 N–H and O–H groups in total. The highest BCUT2D eigenvalue weighted by Gasteiger charge is 2.35. The highest BCUT2D eigenvalue weighted by molar-refractivity contribution is 8.08. The molecule has 0 saturated carbocycles. The lowest BCUT2D eigenvalue weighted by Crippen LogP contribution is -2.34. The second kappa shape index (κ2) is 10.2. The lowest BCUT2D eigenvalue weighted by Gasteiger charge is -2.32. The van der Waals surface area contributed by atoms with Gasteiger partial charge in [0.15, 0.2) is 0 Å². The van der Waals surface area contributed by atoms with Gasteiger partial charge in [0.05, 0.1) is 17.8 Å². The van der Waals surface area contributed by atoms with Gasteiger partial charge < -0.3 is 10.0 Å². The van der Waals surface area contributed by atoms with E-state index in [1.54, 1.807) is 0 Å². The van der Waals surface area contributed by atoms with E-state index in [0.29, 0.717) is 22.8 Å². The molecule has 2 unspecified atom stereocenters. The van der Waals surface area contributed by atoms with Gasteiger partial charge in [-0.2, -0.15) is 18.3 Å². The van der Waals surface area contributed by atoms with Crippen LogP contribution in [0.3, 0.4) is 0 Å². The Morgan fingerprint density at radius 1 is 1.33 bits per heavy atom. The van der Waals surface area contributed by atoms with Crippen LogP contribution >= 0.6 is 11.8 Å². The topological polar surface area (TPSA) is 41.3 Å². The maximum Gasteiger partial charge on any atom is 0.433 e. The van der Waals surface area contributed by atoms with Crippen molar-refractivity contribution in [1.29, 1.82) is 0 Å². The second-order valence-electron chi connectivity index (χ2n) is 7.07. The molecule has 0 aliphatic rings. The van der Waals surface area contributed by atoms with Gasteiger partial charge in [0.25, 0.3) is 0 Å². The number of likely N-dealkylation sites (N-methyl/N-ethyl adjacent to an activating group) is 1. The van der Waals surface area contributed by atoms with Gasteiger partial charge in [-0.15, -0.1) is 11.8 Å². The molecular weight excluding hydrogens is 411 g/mol. The third kappa shape index (κ3) is 5.92. The molecule has 2 atom stereocenters. The van der Waals surface area contributed by atoms with Gasteiger partial charge >= 0.3 is 6.18 Å². The smallest absolute Gasteiger partial charge is 0.386 e. The minimum atomic E-state index is -4.45. The Kier molecular flexibility index (Phi) is 8.20. The maximum atomic E-state index is 13.1. The predicted molar refractivity (Wildman–Crippen MR) is 117 cm³/mol. The molecule has 2 aromatic rings. The van der Waals surface area contributed by atoms with Crippen LogP contribution in [-0.2, 0) is 13.2 Å². The van der Waals surface area contributed by atoms with E-state index in [-0.39, 0.29) is 6.04 Å². The summed E-state index contributed by atoms with van der Waals surface area (Å²) in [6.07, 6.45) is -2.60. The molecule has 1 aromatic heterocycles. The average Bonchev–Trinajstić information content (AvgIpc) is 3.11. The first-order valence-electron chi connectivity index (χ1n) is 9.64. The van der Waals surface area contributed by atoms with E-state index < -0.39 is 18.0 Å². The van der Waals surface area contributed by atoms with Gasteiger partial charge in [0, 0.05) is 30.5 Å². The van der Waals surface area contributed by atoms with Crippen LogP contribution in [0.4, 0.5) is 13.2 Å². The fourth-order valence-electron chi connectivity index (χ4n) is 2.97. The highest BCUT2D eigenvalue weighted by Crippen LogP contribution is 2.35. The number of aryl methyl sites for hydroxylation is 1. The number of hydrogen-bond acceptors (Lipinski definition) is 4. The fraction of sp³-hybridized carbons (Fsp3) is 0.409. The van der Waals surface area contributed by atoms with E-state index in [1.165, 1.54) is 18.8 Å². The van der Waals surface area contributed by atoms with Crippen molar-refractivity contribution in [3.05, 3.63) is 71.7 Å². The number of aliphatic hydroxyl groups excluding tert-OH is 1. The Bertz CT molecular complexity index is 877. The number of aromatic nitrogens is 2. The maximum absolute atomic E-state index is 13.1. The van der Waals surface area contributed by atoms with Crippen LogP contribution < -0.4 is 0 Å². The summed E-state index contributed by atoms with van der Waals surface area (Å²) in [5.41, 5.74) is 1.09. The molecule has 0 aliphatic heterocycles. The summed E-state index contributed by atoms with van der Waals surface area (Å²) in [4.78, 5) is 2.57. The molecule has 0 spiro atoms. The van der Waals surface area contributed by atoms with Crippen LogP contribution in [0.15, 0.2) is 54.8 Å². The normalized spacial score (nSPS) is 14.5. The fourth-order valence-corrected chi connectivity index (χ4v) is 4.03. The Morgan fingerprint density at radius 3 is 2.50 bits per heavy atom. The summed E-state index contributed by atoms with van der Waals surface area (Å²) in [7, 11) is 3.14. The number of alkyl halides is 3. The molecule has 2 rings (SSSR count). The molecule has 0 radical (unpaired) electrons. The third-order valence-corrected chi connectivity index (χ3v) is 6.08. The van der Waals surface area contributed by atoms with Gasteiger partial charge in [-0.25, -0.2) is 0 Å². The summed E-state index contributed by atoms with van der Waals surface area (Å²) in [5.74, 6) is 0.464. The van der Waals surface area contributed by atoms with E-state index in [4.69, 9.17) is 0 Å². The molecule has 1 aromatic carbocycles. The Labute approximate surface area is 180 Å². The molecule has 1 heterocycles. The Hall–Kier alpha value is -2.19. The number of rotatable bonds is 9. The third-order valence-electron chi connectivity index (χ3n) is 4.91. The van der Waals surface area contributed by atoms with Crippen molar-refractivity contribution < 1.29 is 18.3 Å². The van der Waals surface area contributed by atoms with Crippen molar-refractivity contribution in [2.24, 2.45) is 7.05 Å². The monoisotopic (exact) mass is 439 g/mol. The van der Waals surface area contributed by atoms with Gasteiger partial charge in [-0.05, 0) is 25.0 Å². The number of allylic oxidation sites excluding steroid dienone is 1. The van der Waals surface area contributed by atoms with E-state index in [1.807, 2.05) is 62.2 Å². The summed E-state index contributed by atoms with van der Waals surface area (Å²) in [6, 6.07) is 10.2. The Morgan fingerprint density at radius 2 is 1.97 bits per heavy atom. The van der Waals surface area contributed by atoms with Crippen molar-refractivity contribution >= 4 is 16.7 Å². The lowest BCUT2D eigenvalue weighted by molar-refractivity contribution is -0.143. The van der Waals surface area contributed by atoms with Gasteiger partial charge in [-0.3, -0.25) is 4.68 Å². The highest BCUT2D eigenvalue weighted by atomic mass is 32.2. The number of benzene rings is 1. The van der Waals surface area contributed by atoms with E-state index in [2.05, 4.69) is 11.7 Å². The first-order valence-corrected chi connectivity index (χ1v) is 10.6. The van der Waals surface area contributed by atoms with E-state index >= 15 is 0 Å². The molecule has 164 valence electrons. The number of nitrogens with zero attached hydrogens (tertiary/aromatic N) is 3. The second-order valence-corrected chi connectivity index (χ2v) is 8.09. The van der Waals surface area contributed by atoms with Crippen LogP contribution in [-0.4, -0.2) is 38.6 Å². The first-order chi connectivity index (χ1) is 14.1. The van der Waals surface area contributed by atoms with Gasteiger partial charge in [-0.1, -0.05) is 49.9 Å². The number of aliphatic hydroxyl groups is 1. The van der Waals surface area contributed by atoms with Crippen molar-refractivity contribution in [2.75, 3.05) is 12.8 Å². The zero-order valence-electron chi connectivity index (χ0n) is 17.6. The van der Waals surface area contributed by atoms with Crippen LogP contribution in [0.2, 0.25) is 0 Å². The van der Waals surface area contributed by atoms with E-state index in [0.717, 1.165) is 22.0 Å². The van der Waals surface area contributed by atoms with Crippen molar-refractivity contribution in [1.82, 2.24) is 14.7 Å². The minimum absolute atomic E-state index is 0.217. The molecular formula is C22H28F3N3OS. The van der Waals surface area contributed by atoms with Crippen LogP contribution in [0.1, 0.15) is 43.3 Å². The van der Waals surface area contributed by atoms with Crippen molar-refractivity contribution in [2.45, 2.75) is 38.6 Å². The number of halogens is 3. The van der Waals surface area contributed by atoms with Crippen molar-refractivity contribution in [3.63, 3.8) is 0 Å². The number of hydrogen-bond donors (Lipinski definition) is 1. The molecule has 4 nitrogen and oxygen atoms in total. The van der Waals surface area contributed by atoms with E-state index in [9.17, 15) is 18.3 Å². The summed E-state index contributed by atoms with van der Waals surface area (Å²) >= 11 is 1.39. The first kappa shape index (κ1) is 24.1. The zero-order chi connectivity index (χ0) is 22.5. The zero-order valence-corrected chi connectivity index (χ0v) is 18.5. The Balaban J connectivity index is 2.07. The van der Waals surface area contributed by atoms with Gasteiger partial charge in [0.1, 0.15) is 5.69 Å². The minimum Gasteiger partial charge on any atom is -0.386 e.